The first-order chi connectivity index (χ1) is 20.9. The number of nitrogens with two attached hydrogens (primary N) is 2. The number of nitrogens with zero attached hydrogens (tertiary/aromatic N) is 2. The van der Waals surface area contributed by atoms with E-state index in [-0.39, 0.29) is 34.9 Å². The maximum Gasteiger partial charge on any atom is 0.252 e. The van der Waals surface area contributed by atoms with Crippen molar-refractivity contribution in [3.63, 3.8) is 0 Å². The molecular weight excluding hydrogens is 587 g/mol. The topological polar surface area (TPSA) is 155 Å². The fourth-order valence-electron chi connectivity index (χ4n) is 5.16. The summed E-state index contributed by atoms with van der Waals surface area (Å²) in [6.07, 6.45) is 1.24. The Labute approximate surface area is 251 Å². The largest absolute Gasteiger partial charge is 0.496 e. The molecule has 6 aromatic rings. The Morgan fingerprint density at radius 3 is 2.41 bits per heavy atom. The smallest absolute Gasteiger partial charge is 0.252 e. The Balaban J connectivity index is 1.58. The van der Waals surface area contributed by atoms with Gasteiger partial charge in [-0.1, -0.05) is 24.3 Å². The highest BCUT2D eigenvalue weighted by molar-refractivity contribution is 7.92. The number of fused-ring (bicyclic) bond motifs is 2. The van der Waals surface area contributed by atoms with Crippen molar-refractivity contribution in [3.05, 3.63) is 95.5 Å². The summed E-state index contributed by atoms with van der Waals surface area (Å²) >= 11 is 0. The average Bonchev–Trinajstić information content (AvgIpc) is 3.58. The third-order valence-corrected chi connectivity index (χ3v) is 8.62. The molecule has 0 aliphatic rings. The zero-order chi connectivity index (χ0) is 31.3. The Kier molecular flexibility index (Phi) is 7.01. The van der Waals surface area contributed by atoms with Gasteiger partial charge in [0, 0.05) is 30.5 Å². The molecular formula is C32H27FN4O6S. The van der Waals surface area contributed by atoms with E-state index < -0.39 is 21.7 Å². The molecule has 0 spiro atoms. The molecule has 0 aliphatic heterocycles. The van der Waals surface area contributed by atoms with Crippen molar-refractivity contribution < 1.29 is 31.2 Å². The number of nitrogen functional groups attached to an aromatic ring is 1. The summed E-state index contributed by atoms with van der Waals surface area (Å²) in [6, 6.07) is 19.5. The van der Waals surface area contributed by atoms with E-state index in [9.17, 15) is 17.6 Å². The lowest BCUT2D eigenvalue weighted by atomic mass is 9.97. The predicted molar refractivity (Wildman–Crippen MR) is 167 cm³/mol. The molecule has 0 unspecified atom stereocenters. The number of primary amides is 1. The number of carbonyl (C=O) groups excluding carboxylic acids is 1. The van der Waals surface area contributed by atoms with E-state index in [1.54, 1.807) is 60.7 Å². The number of ether oxygens (including phenoxy) is 1. The van der Waals surface area contributed by atoms with Gasteiger partial charge >= 0.3 is 0 Å². The first kappa shape index (κ1) is 28.7. The molecule has 2 heterocycles. The van der Waals surface area contributed by atoms with Gasteiger partial charge in [0.2, 0.25) is 15.9 Å². The number of para-hydroxylation sites is 1. The summed E-state index contributed by atoms with van der Waals surface area (Å²) in [5.41, 5.74) is 16.3. The number of halogens is 1. The molecule has 0 bridgehead atoms. The van der Waals surface area contributed by atoms with Gasteiger partial charge in [-0.05, 0) is 53.6 Å². The van der Waals surface area contributed by atoms with Gasteiger partial charge in [0.1, 0.15) is 28.4 Å². The molecule has 2 aromatic heterocycles. The van der Waals surface area contributed by atoms with Crippen LogP contribution < -0.4 is 20.5 Å². The summed E-state index contributed by atoms with van der Waals surface area (Å²) in [5, 5.41) is 0.391. The monoisotopic (exact) mass is 614 g/mol. The SMILES string of the molecule is COc1ccc(-c2cc3c(C(N)=O)c(Cc4ccc(F)cc4)oc3cc2N(C)S(C)(=O)=O)cc1-c1nc2c(N)cccc2o1. The molecule has 0 saturated heterocycles. The molecule has 0 aliphatic carbocycles. The molecule has 0 radical (unpaired) electrons. The molecule has 1 amide bonds. The van der Waals surface area contributed by atoms with Crippen LogP contribution >= 0.6 is 0 Å². The zero-order valence-electron chi connectivity index (χ0n) is 23.9. The van der Waals surface area contributed by atoms with E-state index >= 15 is 0 Å². The minimum Gasteiger partial charge on any atom is -0.496 e. The number of rotatable bonds is 8. The lowest BCUT2D eigenvalue weighted by Gasteiger charge is -2.21. The van der Waals surface area contributed by atoms with Crippen molar-refractivity contribution >= 4 is 49.4 Å². The van der Waals surface area contributed by atoms with Crippen LogP contribution in [0.15, 0.2) is 81.6 Å². The highest BCUT2D eigenvalue weighted by Crippen LogP contribution is 2.42. The van der Waals surface area contributed by atoms with Crippen LogP contribution in [0.5, 0.6) is 5.75 Å². The van der Waals surface area contributed by atoms with Gasteiger partial charge in [0.15, 0.2) is 5.58 Å². The van der Waals surface area contributed by atoms with Gasteiger partial charge in [-0.2, -0.15) is 0 Å². The van der Waals surface area contributed by atoms with E-state index in [2.05, 4.69) is 4.98 Å². The Morgan fingerprint density at radius 1 is 1.00 bits per heavy atom. The zero-order valence-corrected chi connectivity index (χ0v) is 24.7. The number of sulfonamides is 1. The van der Waals surface area contributed by atoms with Crippen LogP contribution in [0.25, 0.3) is 44.7 Å². The first-order valence-corrected chi connectivity index (χ1v) is 15.2. The Bertz CT molecular complexity index is 2190. The minimum absolute atomic E-state index is 0.141. The van der Waals surface area contributed by atoms with Gasteiger partial charge in [-0.25, -0.2) is 17.8 Å². The summed E-state index contributed by atoms with van der Waals surface area (Å²) in [4.78, 5) is 17.3. The number of hydrogen-bond acceptors (Lipinski definition) is 8. The molecule has 0 atom stereocenters. The summed E-state index contributed by atoms with van der Waals surface area (Å²) < 4.78 is 57.8. The van der Waals surface area contributed by atoms with Crippen LogP contribution in [0.3, 0.4) is 0 Å². The van der Waals surface area contributed by atoms with Crippen LogP contribution in [0, 0.1) is 5.82 Å². The molecule has 6 rings (SSSR count). The number of aromatic nitrogens is 1. The normalized spacial score (nSPS) is 11.7. The standard InChI is InChI=1S/C32H27FN4O6S/c1-37(44(3,39)40)24-16-27-21(29(31(35)38)28(42-27)13-17-7-10-19(33)11-8-17)15-20(24)18-9-12-25(41-2)22(14-18)32-36-30-23(34)5-4-6-26(30)43-32/h4-12,14-16H,13,34H2,1-3H3,(H2,35,38). The van der Waals surface area contributed by atoms with E-state index in [0.29, 0.717) is 50.2 Å². The van der Waals surface area contributed by atoms with Crippen molar-refractivity contribution in [2.45, 2.75) is 6.42 Å². The fourth-order valence-corrected chi connectivity index (χ4v) is 5.67. The van der Waals surface area contributed by atoms with Crippen LogP contribution in [0.2, 0.25) is 0 Å². The minimum atomic E-state index is -3.73. The van der Waals surface area contributed by atoms with E-state index in [1.165, 1.54) is 26.3 Å². The average molecular weight is 615 g/mol. The van der Waals surface area contributed by atoms with Gasteiger partial charge < -0.3 is 25.0 Å². The molecule has 224 valence electrons. The van der Waals surface area contributed by atoms with Crippen LogP contribution in [-0.2, 0) is 16.4 Å². The van der Waals surface area contributed by atoms with Crippen LogP contribution in [0.4, 0.5) is 15.8 Å². The number of oxazole rings is 1. The highest BCUT2D eigenvalue weighted by atomic mass is 32.2. The van der Waals surface area contributed by atoms with E-state index in [1.807, 2.05) is 0 Å². The summed E-state index contributed by atoms with van der Waals surface area (Å²) in [7, 11) is -0.796. The summed E-state index contributed by atoms with van der Waals surface area (Å²) in [5.74, 6) is -0.148. The van der Waals surface area contributed by atoms with Crippen molar-refractivity contribution in [2.24, 2.45) is 5.73 Å². The van der Waals surface area contributed by atoms with E-state index in [4.69, 9.17) is 25.0 Å². The second-order valence-electron chi connectivity index (χ2n) is 10.3. The third-order valence-electron chi connectivity index (χ3n) is 7.43. The lowest BCUT2D eigenvalue weighted by Crippen LogP contribution is -2.25. The fraction of sp³-hybridized carbons (Fsp3) is 0.125. The lowest BCUT2D eigenvalue weighted by molar-refractivity contribution is 0.1000. The predicted octanol–water partition coefficient (Wildman–Crippen LogP) is 5.72. The van der Waals surface area contributed by atoms with Gasteiger partial charge in [-0.15, -0.1) is 0 Å². The number of furan rings is 1. The van der Waals surface area contributed by atoms with Crippen molar-refractivity contribution in [3.8, 4) is 28.3 Å². The first-order valence-electron chi connectivity index (χ1n) is 13.4. The maximum atomic E-state index is 13.5. The molecule has 0 fully saturated rings. The van der Waals surface area contributed by atoms with Crippen LogP contribution in [0.1, 0.15) is 21.7 Å². The summed E-state index contributed by atoms with van der Waals surface area (Å²) in [6.45, 7) is 0. The second kappa shape index (κ2) is 10.7. The molecule has 0 saturated carbocycles. The second-order valence-corrected chi connectivity index (χ2v) is 12.3. The Morgan fingerprint density at radius 2 is 1.75 bits per heavy atom. The van der Waals surface area contributed by atoms with Crippen molar-refractivity contribution in [2.75, 3.05) is 30.5 Å². The number of methoxy groups -OCH3 is 1. The number of anilines is 2. The quantitative estimate of drug-likeness (QED) is 0.206. The number of amides is 1. The van der Waals surface area contributed by atoms with Crippen molar-refractivity contribution in [1.29, 1.82) is 0 Å². The van der Waals surface area contributed by atoms with Gasteiger partial charge in [0.25, 0.3) is 5.91 Å². The number of carbonyl (C=O) groups is 1. The third kappa shape index (κ3) is 5.09. The van der Waals surface area contributed by atoms with E-state index in [0.717, 1.165) is 10.6 Å². The number of benzene rings is 4. The molecule has 4 aromatic carbocycles. The molecule has 10 nitrogen and oxygen atoms in total. The number of hydrogen-bond donors (Lipinski definition) is 2. The highest BCUT2D eigenvalue weighted by Gasteiger charge is 2.25. The molecule has 44 heavy (non-hydrogen) atoms. The van der Waals surface area contributed by atoms with Crippen molar-refractivity contribution in [1.82, 2.24) is 4.98 Å². The van der Waals surface area contributed by atoms with Crippen LogP contribution in [-0.4, -0.2) is 39.7 Å². The van der Waals surface area contributed by atoms with Gasteiger partial charge in [-0.3, -0.25) is 9.10 Å². The maximum absolute atomic E-state index is 13.5. The Hall–Kier alpha value is -5.36. The van der Waals surface area contributed by atoms with Gasteiger partial charge in [0.05, 0.1) is 35.9 Å². The molecule has 12 heteroatoms. The molecule has 4 N–H and O–H groups in total.